The number of rotatable bonds is 4. The van der Waals surface area contributed by atoms with Gasteiger partial charge in [0.15, 0.2) is 0 Å². The minimum atomic E-state index is 0.406. The van der Waals surface area contributed by atoms with Gasteiger partial charge in [-0.3, -0.25) is 0 Å². The van der Waals surface area contributed by atoms with Gasteiger partial charge in [-0.15, -0.1) is 0 Å². The van der Waals surface area contributed by atoms with Crippen molar-refractivity contribution in [3.63, 3.8) is 0 Å². The van der Waals surface area contributed by atoms with Crippen molar-refractivity contribution in [3.8, 4) is 5.75 Å². The molecular formula is C13H18ClNO2. The number of hydrogen-bond acceptors (Lipinski definition) is 3. The average molecular weight is 256 g/mol. The fraction of sp³-hybridized carbons (Fsp3) is 0.538. The standard InChI is InChI=1S/C13H18ClNO2/c1-17-13-11(10-4-2-3-5-10)6-9(8-15-16)7-12(13)14/h6-7,10,15-16H,2-5,8H2,1H3. The summed E-state index contributed by atoms with van der Waals surface area (Å²) in [5.74, 6) is 1.33. The topological polar surface area (TPSA) is 41.5 Å². The summed E-state index contributed by atoms with van der Waals surface area (Å²) >= 11 is 6.21. The van der Waals surface area contributed by atoms with Gasteiger partial charge >= 0.3 is 0 Å². The van der Waals surface area contributed by atoms with E-state index < -0.39 is 0 Å². The molecule has 1 aromatic carbocycles. The van der Waals surface area contributed by atoms with Crippen LogP contribution in [0.3, 0.4) is 0 Å². The first-order valence-corrected chi connectivity index (χ1v) is 6.37. The summed E-state index contributed by atoms with van der Waals surface area (Å²) in [7, 11) is 1.66. The van der Waals surface area contributed by atoms with Crippen molar-refractivity contribution in [1.82, 2.24) is 5.48 Å². The Morgan fingerprint density at radius 3 is 2.71 bits per heavy atom. The predicted molar refractivity (Wildman–Crippen MR) is 67.8 cm³/mol. The molecule has 0 aliphatic heterocycles. The van der Waals surface area contributed by atoms with E-state index in [-0.39, 0.29) is 0 Å². The highest BCUT2D eigenvalue weighted by Crippen LogP contribution is 2.42. The summed E-state index contributed by atoms with van der Waals surface area (Å²) in [5.41, 5.74) is 4.34. The molecule has 3 nitrogen and oxygen atoms in total. The molecule has 94 valence electrons. The molecule has 0 aromatic heterocycles. The summed E-state index contributed by atoms with van der Waals surface area (Å²) in [6.45, 7) is 0.406. The lowest BCUT2D eigenvalue weighted by atomic mass is 9.95. The van der Waals surface area contributed by atoms with Gasteiger partial charge in [-0.1, -0.05) is 30.5 Å². The zero-order valence-electron chi connectivity index (χ0n) is 10.0. The maximum Gasteiger partial charge on any atom is 0.140 e. The van der Waals surface area contributed by atoms with E-state index in [0.717, 1.165) is 11.3 Å². The van der Waals surface area contributed by atoms with E-state index in [2.05, 4.69) is 11.5 Å². The van der Waals surface area contributed by atoms with E-state index in [1.165, 1.54) is 31.2 Å². The monoisotopic (exact) mass is 255 g/mol. The number of benzene rings is 1. The Hall–Kier alpha value is -0.770. The maximum absolute atomic E-state index is 8.77. The minimum Gasteiger partial charge on any atom is -0.495 e. The van der Waals surface area contributed by atoms with Gasteiger partial charge in [0.25, 0.3) is 0 Å². The second-order valence-electron chi connectivity index (χ2n) is 4.52. The molecule has 4 heteroatoms. The van der Waals surface area contributed by atoms with Crippen molar-refractivity contribution >= 4 is 11.6 Å². The molecule has 0 unspecified atom stereocenters. The van der Waals surface area contributed by atoms with Crippen LogP contribution in [0.1, 0.15) is 42.7 Å². The maximum atomic E-state index is 8.77. The van der Waals surface area contributed by atoms with Crippen molar-refractivity contribution in [2.24, 2.45) is 0 Å². The molecule has 0 spiro atoms. The van der Waals surface area contributed by atoms with Crippen molar-refractivity contribution in [2.75, 3.05) is 7.11 Å². The van der Waals surface area contributed by atoms with Gasteiger partial charge in [0.1, 0.15) is 5.75 Å². The van der Waals surface area contributed by atoms with Gasteiger partial charge in [0.05, 0.1) is 12.1 Å². The van der Waals surface area contributed by atoms with Gasteiger partial charge < -0.3 is 9.94 Å². The van der Waals surface area contributed by atoms with Crippen molar-refractivity contribution in [3.05, 3.63) is 28.3 Å². The van der Waals surface area contributed by atoms with Gasteiger partial charge in [-0.2, -0.15) is 0 Å². The van der Waals surface area contributed by atoms with Gasteiger partial charge in [0, 0.05) is 6.54 Å². The Morgan fingerprint density at radius 2 is 2.12 bits per heavy atom. The second kappa shape index (κ2) is 5.71. The number of methoxy groups -OCH3 is 1. The van der Waals surface area contributed by atoms with Crippen LogP contribution in [-0.4, -0.2) is 12.3 Å². The Balaban J connectivity index is 2.37. The first-order chi connectivity index (χ1) is 8.26. The highest BCUT2D eigenvalue weighted by atomic mass is 35.5. The SMILES string of the molecule is COc1c(Cl)cc(CNO)cc1C1CCCC1. The van der Waals surface area contributed by atoms with Gasteiger partial charge in [-0.25, -0.2) is 5.48 Å². The lowest BCUT2D eigenvalue weighted by molar-refractivity contribution is 0.161. The summed E-state index contributed by atoms with van der Waals surface area (Å²) in [4.78, 5) is 0. The predicted octanol–water partition coefficient (Wildman–Crippen LogP) is 3.49. The number of hydroxylamine groups is 1. The van der Waals surface area contributed by atoms with Crippen LogP contribution >= 0.6 is 11.6 Å². The summed E-state index contributed by atoms with van der Waals surface area (Å²) < 4.78 is 5.41. The molecule has 0 heterocycles. The van der Waals surface area contributed by atoms with Crippen LogP contribution in [0.15, 0.2) is 12.1 Å². The molecule has 17 heavy (non-hydrogen) atoms. The zero-order valence-corrected chi connectivity index (χ0v) is 10.8. The van der Waals surface area contributed by atoms with Crippen molar-refractivity contribution in [1.29, 1.82) is 0 Å². The van der Waals surface area contributed by atoms with Crippen molar-refractivity contribution < 1.29 is 9.94 Å². The smallest absolute Gasteiger partial charge is 0.140 e. The van der Waals surface area contributed by atoms with E-state index in [0.29, 0.717) is 17.5 Å². The molecule has 0 amide bonds. The van der Waals surface area contributed by atoms with Crippen LogP contribution in [0.4, 0.5) is 0 Å². The molecular weight excluding hydrogens is 238 g/mol. The third-order valence-electron chi connectivity index (χ3n) is 3.41. The van der Waals surface area contributed by atoms with Crippen LogP contribution in [0.5, 0.6) is 5.75 Å². The Bertz CT molecular complexity index is 389. The summed E-state index contributed by atoms with van der Waals surface area (Å²) in [6, 6.07) is 3.92. The second-order valence-corrected chi connectivity index (χ2v) is 4.92. The Kier molecular flexibility index (Phi) is 4.26. The molecule has 0 saturated heterocycles. The van der Waals surface area contributed by atoms with Gasteiger partial charge in [-0.05, 0) is 36.0 Å². The molecule has 1 aliphatic rings. The van der Waals surface area contributed by atoms with Crippen LogP contribution in [0.2, 0.25) is 5.02 Å². The molecule has 1 aromatic rings. The Labute approximate surface area is 107 Å². The largest absolute Gasteiger partial charge is 0.495 e. The summed E-state index contributed by atoms with van der Waals surface area (Å²) in [5, 5.41) is 9.40. The first-order valence-electron chi connectivity index (χ1n) is 5.99. The molecule has 1 aliphatic carbocycles. The normalized spacial score (nSPS) is 16.4. The van der Waals surface area contributed by atoms with Crippen LogP contribution in [0.25, 0.3) is 0 Å². The third kappa shape index (κ3) is 2.73. The van der Waals surface area contributed by atoms with Crippen LogP contribution in [-0.2, 0) is 6.54 Å². The number of nitrogens with one attached hydrogen (secondary N) is 1. The molecule has 0 radical (unpaired) electrons. The highest BCUT2D eigenvalue weighted by Gasteiger charge is 2.22. The van der Waals surface area contributed by atoms with E-state index in [9.17, 15) is 0 Å². The van der Waals surface area contributed by atoms with Crippen LogP contribution < -0.4 is 10.2 Å². The number of halogens is 1. The van der Waals surface area contributed by atoms with E-state index >= 15 is 0 Å². The zero-order chi connectivity index (χ0) is 12.3. The number of ether oxygens (including phenoxy) is 1. The lowest BCUT2D eigenvalue weighted by Crippen LogP contribution is -2.08. The van der Waals surface area contributed by atoms with E-state index in [1.54, 1.807) is 7.11 Å². The summed E-state index contributed by atoms with van der Waals surface area (Å²) in [6.07, 6.45) is 4.94. The van der Waals surface area contributed by atoms with Crippen molar-refractivity contribution in [2.45, 2.75) is 38.1 Å². The molecule has 2 N–H and O–H groups in total. The van der Waals surface area contributed by atoms with Gasteiger partial charge in [0.2, 0.25) is 0 Å². The first kappa shape index (κ1) is 12.7. The molecule has 0 bridgehead atoms. The lowest BCUT2D eigenvalue weighted by Gasteiger charge is -2.17. The molecule has 1 fully saturated rings. The quantitative estimate of drug-likeness (QED) is 0.810. The third-order valence-corrected chi connectivity index (χ3v) is 3.70. The molecule has 1 saturated carbocycles. The minimum absolute atomic E-state index is 0.406. The highest BCUT2D eigenvalue weighted by molar-refractivity contribution is 6.32. The van der Waals surface area contributed by atoms with E-state index in [1.807, 2.05) is 6.07 Å². The molecule has 2 rings (SSSR count). The Morgan fingerprint density at radius 1 is 1.41 bits per heavy atom. The van der Waals surface area contributed by atoms with Crippen LogP contribution in [0, 0.1) is 0 Å². The molecule has 0 atom stereocenters. The fourth-order valence-electron chi connectivity index (χ4n) is 2.62. The fourth-order valence-corrected chi connectivity index (χ4v) is 2.95. The average Bonchev–Trinajstić information content (AvgIpc) is 2.82. The number of hydrogen-bond donors (Lipinski definition) is 2. The van der Waals surface area contributed by atoms with E-state index in [4.69, 9.17) is 21.5 Å².